The van der Waals surface area contributed by atoms with Crippen LogP contribution in [0.4, 0.5) is 5.82 Å². The summed E-state index contributed by atoms with van der Waals surface area (Å²) in [7, 11) is 0. The van der Waals surface area contributed by atoms with Gasteiger partial charge in [0, 0.05) is 22.0 Å². The second-order valence-corrected chi connectivity index (χ2v) is 4.94. The molecule has 0 radical (unpaired) electrons. The molecule has 1 aromatic heterocycles. The summed E-state index contributed by atoms with van der Waals surface area (Å²) >= 11 is 2.32. The lowest BCUT2D eigenvalue weighted by atomic mass is 10.1. The van der Waals surface area contributed by atoms with Crippen molar-refractivity contribution in [3.63, 3.8) is 0 Å². The molecule has 1 aromatic carbocycles. The van der Waals surface area contributed by atoms with Crippen LogP contribution in [0.3, 0.4) is 0 Å². The Morgan fingerprint density at radius 2 is 2.07 bits per heavy atom. The molecule has 1 aliphatic heterocycles. The van der Waals surface area contributed by atoms with E-state index in [9.17, 15) is 0 Å². The summed E-state index contributed by atoms with van der Waals surface area (Å²) in [4.78, 5) is 11.0. The van der Waals surface area contributed by atoms with Crippen molar-refractivity contribution in [1.29, 1.82) is 0 Å². The maximum atomic E-state index is 4.38. The molecule has 0 atom stereocenters. The van der Waals surface area contributed by atoms with Crippen molar-refractivity contribution in [3.8, 4) is 0 Å². The van der Waals surface area contributed by atoms with Gasteiger partial charge in [-0.15, -0.1) is 0 Å². The molecule has 4 heteroatoms. The van der Waals surface area contributed by atoms with E-state index >= 15 is 0 Å². The number of nitrogens with zero attached hydrogens (tertiary/aromatic N) is 3. The van der Waals surface area contributed by atoms with Crippen LogP contribution in [0, 0.1) is 3.57 Å². The zero-order chi connectivity index (χ0) is 10.3. The summed E-state index contributed by atoms with van der Waals surface area (Å²) in [6, 6.07) is 6.29. The van der Waals surface area contributed by atoms with Gasteiger partial charge in [0.25, 0.3) is 0 Å². The molecule has 15 heavy (non-hydrogen) atoms. The Morgan fingerprint density at radius 1 is 1.20 bits per heavy atom. The Bertz CT molecular complexity index is 508. The van der Waals surface area contributed by atoms with Gasteiger partial charge in [-0.25, -0.2) is 9.97 Å². The quantitative estimate of drug-likeness (QED) is 0.758. The first-order chi connectivity index (χ1) is 7.34. The topological polar surface area (TPSA) is 29.0 Å². The van der Waals surface area contributed by atoms with Crippen molar-refractivity contribution < 1.29 is 0 Å². The summed E-state index contributed by atoms with van der Waals surface area (Å²) in [5, 5.41) is 1.17. The molecular formula is C11H10IN3. The second-order valence-electron chi connectivity index (χ2n) is 3.70. The minimum atomic E-state index is 1.03. The zero-order valence-corrected chi connectivity index (χ0v) is 10.3. The van der Waals surface area contributed by atoms with Crippen LogP contribution >= 0.6 is 22.6 Å². The van der Waals surface area contributed by atoms with Crippen LogP contribution in [0.5, 0.6) is 0 Å². The number of fused-ring (bicyclic) bond motifs is 1. The van der Waals surface area contributed by atoms with Crippen molar-refractivity contribution >= 4 is 39.3 Å². The number of hydrogen-bond acceptors (Lipinski definition) is 3. The fraction of sp³-hybridized carbons (Fsp3) is 0.273. The number of halogens is 1. The average Bonchev–Trinajstić information content (AvgIpc) is 2.16. The summed E-state index contributed by atoms with van der Waals surface area (Å²) in [5.74, 6) is 1.09. The third-order valence-electron chi connectivity index (χ3n) is 2.73. The maximum absolute atomic E-state index is 4.38. The van der Waals surface area contributed by atoms with Crippen molar-refractivity contribution in [2.24, 2.45) is 0 Å². The first-order valence-corrected chi connectivity index (χ1v) is 6.08. The highest BCUT2D eigenvalue weighted by Crippen LogP contribution is 2.27. The monoisotopic (exact) mass is 311 g/mol. The van der Waals surface area contributed by atoms with Crippen molar-refractivity contribution in [2.45, 2.75) is 6.42 Å². The van der Waals surface area contributed by atoms with Gasteiger partial charge in [0.15, 0.2) is 0 Å². The van der Waals surface area contributed by atoms with E-state index in [0.717, 1.165) is 24.4 Å². The Morgan fingerprint density at radius 3 is 2.80 bits per heavy atom. The Labute approximate surface area is 102 Å². The normalized spacial score (nSPS) is 15.4. The second kappa shape index (κ2) is 3.59. The van der Waals surface area contributed by atoms with Crippen molar-refractivity contribution in [3.05, 3.63) is 28.1 Å². The fourth-order valence-corrected chi connectivity index (χ4v) is 2.29. The highest BCUT2D eigenvalue weighted by molar-refractivity contribution is 14.1. The third kappa shape index (κ3) is 1.56. The molecule has 3 nitrogen and oxygen atoms in total. The smallest absolute Gasteiger partial charge is 0.139 e. The number of benzene rings is 1. The minimum absolute atomic E-state index is 1.03. The van der Waals surface area contributed by atoms with Crippen LogP contribution in [0.15, 0.2) is 24.5 Å². The summed E-state index contributed by atoms with van der Waals surface area (Å²) in [5.41, 5.74) is 1.03. The predicted molar refractivity (Wildman–Crippen MR) is 69.1 cm³/mol. The van der Waals surface area contributed by atoms with Crippen molar-refractivity contribution in [1.82, 2.24) is 9.97 Å². The number of aromatic nitrogens is 2. The zero-order valence-electron chi connectivity index (χ0n) is 8.15. The minimum Gasteiger partial charge on any atom is -0.356 e. The van der Waals surface area contributed by atoms with E-state index in [1.54, 1.807) is 6.33 Å². The fourth-order valence-electron chi connectivity index (χ4n) is 1.80. The molecule has 1 saturated heterocycles. The molecule has 1 fully saturated rings. The number of rotatable bonds is 1. The summed E-state index contributed by atoms with van der Waals surface area (Å²) in [6.45, 7) is 2.25. The predicted octanol–water partition coefficient (Wildman–Crippen LogP) is 2.44. The molecular weight excluding hydrogens is 301 g/mol. The van der Waals surface area contributed by atoms with Gasteiger partial charge in [0.05, 0.1) is 5.52 Å². The van der Waals surface area contributed by atoms with Crippen LogP contribution in [-0.4, -0.2) is 23.1 Å². The number of anilines is 1. The molecule has 0 spiro atoms. The molecule has 2 aromatic rings. The van der Waals surface area contributed by atoms with Gasteiger partial charge in [0.2, 0.25) is 0 Å². The molecule has 3 rings (SSSR count). The van der Waals surface area contributed by atoms with Crippen LogP contribution in [-0.2, 0) is 0 Å². The highest BCUT2D eigenvalue weighted by atomic mass is 127. The molecule has 76 valence electrons. The van der Waals surface area contributed by atoms with E-state index in [1.165, 1.54) is 15.4 Å². The molecule has 2 heterocycles. The lowest BCUT2D eigenvalue weighted by Gasteiger charge is -2.32. The molecule has 0 amide bonds. The van der Waals surface area contributed by atoms with Gasteiger partial charge in [-0.1, -0.05) is 0 Å². The van der Waals surface area contributed by atoms with E-state index in [-0.39, 0.29) is 0 Å². The lowest BCUT2D eigenvalue weighted by molar-refractivity contribution is 0.611. The number of hydrogen-bond donors (Lipinski definition) is 0. The van der Waals surface area contributed by atoms with Gasteiger partial charge < -0.3 is 4.90 Å². The van der Waals surface area contributed by atoms with Crippen LogP contribution in [0.2, 0.25) is 0 Å². The summed E-state index contributed by atoms with van der Waals surface area (Å²) < 4.78 is 1.23. The van der Waals surface area contributed by atoms with Gasteiger partial charge in [-0.2, -0.15) is 0 Å². The third-order valence-corrected chi connectivity index (χ3v) is 3.40. The van der Waals surface area contributed by atoms with Gasteiger partial charge >= 0.3 is 0 Å². The Balaban J connectivity index is 2.23. The SMILES string of the molecule is Ic1ccc2ncnc(N3CCC3)c2c1. The first-order valence-electron chi connectivity index (χ1n) is 5.00. The Kier molecular flexibility index (Phi) is 2.23. The molecule has 0 unspecified atom stereocenters. The van der Waals surface area contributed by atoms with E-state index in [0.29, 0.717) is 0 Å². The van der Waals surface area contributed by atoms with Crippen LogP contribution in [0.1, 0.15) is 6.42 Å². The Hall–Kier alpha value is -0.910. The molecule has 0 saturated carbocycles. The van der Waals surface area contributed by atoms with E-state index < -0.39 is 0 Å². The van der Waals surface area contributed by atoms with Gasteiger partial charge in [-0.3, -0.25) is 0 Å². The molecule has 0 aliphatic carbocycles. The molecule has 0 N–H and O–H groups in total. The van der Waals surface area contributed by atoms with Gasteiger partial charge in [0.1, 0.15) is 12.1 Å². The summed E-state index contributed by atoms with van der Waals surface area (Å²) in [6.07, 6.45) is 2.93. The van der Waals surface area contributed by atoms with Crippen molar-refractivity contribution in [2.75, 3.05) is 18.0 Å². The van der Waals surface area contributed by atoms with Crippen LogP contribution < -0.4 is 4.90 Å². The standard InChI is InChI=1S/C11H10IN3/c12-8-2-3-10-9(6-8)11(14-7-13-10)15-4-1-5-15/h2-3,6-7H,1,4-5H2. The average molecular weight is 311 g/mol. The van der Waals surface area contributed by atoms with Gasteiger partial charge in [-0.05, 0) is 47.2 Å². The van der Waals surface area contributed by atoms with E-state index in [1.807, 2.05) is 0 Å². The largest absolute Gasteiger partial charge is 0.356 e. The molecule has 0 bridgehead atoms. The first kappa shape index (κ1) is 9.33. The maximum Gasteiger partial charge on any atom is 0.139 e. The van der Waals surface area contributed by atoms with E-state index in [4.69, 9.17) is 0 Å². The molecule has 1 aliphatic rings. The van der Waals surface area contributed by atoms with Crippen LogP contribution in [0.25, 0.3) is 10.9 Å². The highest BCUT2D eigenvalue weighted by Gasteiger charge is 2.18. The van der Waals surface area contributed by atoms with E-state index in [2.05, 4.69) is 55.7 Å². The lowest BCUT2D eigenvalue weighted by Crippen LogP contribution is -2.37.